The second-order valence-corrected chi connectivity index (χ2v) is 6.77. The van der Waals surface area contributed by atoms with Crippen LogP contribution in [-0.4, -0.2) is 18.1 Å². The standard InChI is InChI=1S/C23H25N3O2/c1-3-10-22-18(6-1)14-24-12-13-25-15-19-7-2-4-11-23(19)28-17-21-9-5-8-20(26-21)16-27-22/h1-11,24-25H,12-17H2. The summed E-state index contributed by atoms with van der Waals surface area (Å²) >= 11 is 0. The summed E-state index contributed by atoms with van der Waals surface area (Å²) < 4.78 is 12.1. The Morgan fingerprint density at radius 1 is 0.607 bits per heavy atom. The van der Waals surface area contributed by atoms with E-state index in [1.807, 2.05) is 54.6 Å². The van der Waals surface area contributed by atoms with E-state index in [9.17, 15) is 0 Å². The Morgan fingerprint density at radius 3 is 1.64 bits per heavy atom. The van der Waals surface area contributed by atoms with Crippen LogP contribution in [0.5, 0.6) is 11.5 Å². The Morgan fingerprint density at radius 2 is 1.11 bits per heavy atom. The Kier molecular flexibility index (Phi) is 6.17. The number of hydrogen-bond donors (Lipinski definition) is 2. The molecule has 0 unspecified atom stereocenters. The fourth-order valence-corrected chi connectivity index (χ4v) is 3.20. The van der Waals surface area contributed by atoms with Crippen LogP contribution in [0.4, 0.5) is 0 Å². The van der Waals surface area contributed by atoms with Gasteiger partial charge in [0, 0.05) is 37.3 Å². The minimum Gasteiger partial charge on any atom is -0.487 e. The van der Waals surface area contributed by atoms with Crippen molar-refractivity contribution in [2.24, 2.45) is 0 Å². The molecule has 1 aliphatic rings. The molecule has 3 aromatic rings. The van der Waals surface area contributed by atoms with E-state index >= 15 is 0 Å². The molecule has 5 heteroatoms. The normalized spacial score (nSPS) is 15.3. The molecule has 1 aliphatic heterocycles. The predicted octanol–water partition coefficient (Wildman–Crippen LogP) is 3.43. The van der Waals surface area contributed by atoms with E-state index in [1.54, 1.807) is 0 Å². The summed E-state index contributed by atoms with van der Waals surface area (Å²) in [5.41, 5.74) is 4.08. The van der Waals surface area contributed by atoms with Crippen molar-refractivity contribution in [3.63, 3.8) is 0 Å². The molecule has 0 spiro atoms. The average molecular weight is 375 g/mol. The van der Waals surface area contributed by atoms with Gasteiger partial charge in [0.05, 0.1) is 11.4 Å². The van der Waals surface area contributed by atoms with Crippen LogP contribution in [0.15, 0.2) is 66.7 Å². The molecule has 28 heavy (non-hydrogen) atoms. The molecule has 4 rings (SSSR count). The quantitative estimate of drug-likeness (QED) is 0.630. The van der Waals surface area contributed by atoms with Gasteiger partial charge in [0.15, 0.2) is 0 Å². The molecule has 5 nitrogen and oxygen atoms in total. The van der Waals surface area contributed by atoms with Gasteiger partial charge in [0.2, 0.25) is 0 Å². The zero-order valence-electron chi connectivity index (χ0n) is 15.9. The van der Waals surface area contributed by atoms with Crippen LogP contribution in [0.2, 0.25) is 0 Å². The maximum atomic E-state index is 6.05. The first-order chi connectivity index (χ1) is 13.9. The van der Waals surface area contributed by atoms with Gasteiger partial charge in [-0.1, -0.05) is 42.5 Å². The molecule has 0 saturated carbocycles. The summed E-state index contributed by atoms with van der Waals surface area (Å²) in [4.78, 5) is 4.69. The highest BCUT2D eigenvalue weighted by Gasteiger charge is 2.07. The van der Waals surface area contributed by atoms with Crippen LogP contribution in [-0.2, 0) is 26.3 Å². The Hall–Kier alpha value is -2.89. The maximum absolute atomic E-state index is 6.05. The van der Waals surface area contributed by atoms with Crippen molar-refractivity contribution in [2.45, 2.75) is 26.3 Å². The van der Waals surface area contributed by atoms with E-state index < -0.39 is 0 Å². The van der Waals surface area contributed by atoms with Gasteiger partial charge < -0.3 is 20.1 Å². The number of nitrogens with one attached hydrogen (secondary N) is 2. The van der Waals surface area contributed by atoms with E-state index in [0.717, 1.165) is 60.2 Å². The highest BCUT2D eigenvalue weighted by Crippen LogP contribution is 2.21. The highest BCUT2D eigenvalue weighted by molar-refractivity contribution is 5.34. The number of aromatic nitrogens is 1. The van der Waals surface area contributed by atoms with Gasteiger partial charge >= 0.3 is 0 Å². The molecular formula is C23H25N3O2. The molecule has 0 aliphatic carbocycles. The first kappa shape index (κ1) is 18.5. The van der Waals surface area contributed by atoms with Crippen LogP contribution in [0.1, 0.15) is 22.5 Å². The lowest BCUT2D eigenvalue weighted by Gasteiger charge is -2.12. The summed E-state index contributed by atoms with van der Waals surface area (Å²) in [5, 5.41) is 6.95. The molecule has 0 saturated heterocycles. The molecule has 144 valence electrons. The number of hydrogen-bond acceptors (Lipinski definition) is 5. The molecule has 0 fully saturated rings. The second-order valence-electron chi connectivity index (χ2n) is 6.77. The number of pyridine rings is 1. The summed E-state index contributed by atoms with van der Waals surface area (Å²) in [6.45, 7) is 4.15. The van der Waals surface area contributed by atoms with Crippen LogP contribution in [0.3, 0.4) is 0 Å². The molecule has 2 N–H and O–H groups in total. The minimum absolute atomic E-state index is 0.434. The lowest BCUT2D eigenvalue weighted by molar-refractivity contribution is 0.287. The lowest BCUT2D eigenvalue weighted by Crippen LogP contribution is -2.27. The van der Waals surface area contributed by atoms with Crippen molar-refractivity contribution in [3.8, 4) is 11.5 Å². The molecule has 2 heterocycles. The third kappa shape index (κ3) is 4.88. The van der Waals surface area contributed by atoms with Gasteiger partial charge in [-0.15, -0.1) is 0 Å². The van der Waals surface area contributed by atoms with E-state index in [-0.39, 0.29) is 0 Å². The SMILES string of the molecule is c1cc2nc(c1)COc1ccccc1CNCCNCc1ccccc1OC2. The van der Waals surface area contributed by atoms with Gasteiger partial charge in [0.25, 0.3) is 0 Å². The number of rotatable bonds is 0. The van der Waals surface area contributed by atoms with Crippen molar-refractivity contribution < 1.29 is 9.47 Å². The third-order valence-corrected chi connectivity index (χ3v) is 4.67. The fourth-order valence-electron chi connectivity index (χ4n) is 3.20. The van der Waals surface area contributed by atoms with Crippen LogP contribution < -0.4 is 20.1 Å². The number of para-hydroxylation sites is 2. The molecule has 0 atom stereocenters. The van der Waals surface area contributed by atoms with Crippen molar-refractivity contribution in [1.82, 2.24) is 15.6 Å². The van der Waals surface area contributed by atoms with Gasteiger partial charge in [-0.2, -0.15) is 0 Å². The van der Waals surface area contributed by atoms with Crippen molar-refractivity contribution in [3.05, 3.63) is 89.2 Å². The van der Waals surface area contributed by atoms with Gasteiger partial charge in [-0.3, -0.25) is 4.98 Å². The molecular weight excluding hydrogens is 350 g/mol. The van der Waals surface area contributed by atoms with Gasteiger partial charge in [-0.25, -0.2) is 0 Å². The topological polar surface area (TPSA) is 55.4 Å². The first-order valence-corrected chi connectivity index (χ1v) is 9.66. The number of fused-ring (bicyclic) bond motifs is 4. The maximum Gasteiger partial charge on any atom is 0.130 e. The Labute approximate surface area is 165 Å². The summed E-state index contributed by atoms with van der Waals surface area (Å²) in [6, 6.07) is 22.2. The number of nitrogens with zero attached hydrogens (tertiary/aromatic N) is 1. The van der Waals surface area contributed by atoms with Crippen LogP contribution >= 0.6 is 0 Å². The van der Waals surface area contributed by atoms with Crippen LogP contribution in [0.25, 0.3) is 0 Å². The largest absolute Gasteiger partial charge is 0.487 e. The van der Waals surface area contributed by atoms with E-state index in [4.69, 9.17) is 9.47 Å². The van der Waals surface area contributed by atoms with E-state index in [2.05, 4.69) is 27.8 Å². The average Bonchev–Trinajstić information content (AvgIpc) is 2.74. The zero-order valence-corrected chi connectivity index (χ0v) is 15.9. The minimum atomic E-state index is 0.434. The second kappa shape index (κ2) is 9.35. The van der Waals surface area contributed by atoms with Gasteiger partial charge in [0.1, 0.15) is 24.7 Å². The third-order valence-electron chi connectivity index (χ3n) is 4.67. The number of benzene rings is 2. The number of ether oxygens (including phenoxy) is 2. The highest BCUT2D eigenvalue weighted by atomic mass is 16.5. The Balaban J connectivity index is 1.55. The van der Waals surface area contributed by atoms with Gasteiger partial charge in [-0.05, 0) is 24.3 Å². The summed E-state index contributed by atoms with van der Waals surface area (Å²) in [5.74, 6) is 1.78. The molecule has 1 aromatic heterocycles. The first-order valence-electron chi connectivity index (χ1n) is 9.66. The molecule has 0 amide bonds. The van der Waals surface area contributed by atoms with E-state index in [0.29, 0.717) is 13.2 Å². The summed E-state index contributed by atoms with van der Waals surface area (Å²) in [7, 11) is 0. The fraction of sp³-hybridized carbons (Fsp3) is 0.261. The van der Waals surface area contributed by atoms with Crippen molar-refractivity contribution >= 4 is 0 Å². The van der Waals surface area contributed by atoms with Crippen LogP contribution in [0, 0.1) is 0 Å². The zero-order chi connectivity index (χ0) is 19.0. The Bertz CT molecular complexity index is 843. The monoisotopic (exact) mass is 375 g/mol. The summed E-state index contributed by atoms with van der Waals surface area (Å²) in [6.07, 6.45) is 0. The van der Waals surface area contributed by atoms with Crippen molar-refractivity contribution in [1.29, 1.82) is 0 Å². The molecule has 2 aromatic carbocycles. The molecule has 2 bridgehead atoms. The van der Waals surface area contributed by atoms with E-state index in [1.165, 1.54) is 0 Å². The lowest BCUT2D eigenvalue weighted by atomic mass is 10.2. The molecule has 0 radical (unpaired) electrons. The predicted molar refractivity (Wildman–Crippen MR) is 109 cm³/mol. The smallest absolute Gasteiger partial charge is 0.130 e. The van der Waals surface area contributed by atoms with Crippen molar-refractivity contribution in [2.75, 3.05) is 13.1 Å².